The Bertz CT molecular complexity index is 1710. The van der Waals surface area contributed by atoms with Gasteiger partial charge in [0.15, 0.2) is 0 Å². The van der Waals surface area contributed by atoms with Crippen molar-refractivity contribution in [2.45, 2.75) is 39.6 Å². The number of hydrogen-bond acceptors (Lipinski definition) is 6. The molecular weight excluding hydrogens is 1010 g/mol. The molecule has 0 spiro atoms. The van der Waals surface area contributed by atoms with Gasteiger partial charge in [-0.15, -0.1) is 12.4 Å². The van der Waals surface area contributed by atoms with Crippen molar-refractivity contribution in [3.05, 3.63) is 125 Å². The molecule has 1 N–H and O–H groups in total. The van der Waals surface area contributed by atoms with Crippen molar-refractivity contribution < 1.29 is 0 Å². The summed E-state index contributed by atoms with van der Waals surface area (Å²) in [5, 5.41) is 14.1. The lowest BCUT2D eigenvalue weighted by molar-refractivity contribution is 0.250. The molecule has 6 nitrogen and oxygen atoms in total. The summed E-state index contributed by atoms with van der Waals surface area (Å²) in [5.41, 5.74) is 4.71. The molecule has 4 aromatic rings. The molecule has 0 bridgehead atoms. The third-order valence-electron chi connectivity index (χ3n) is 8.71. The van der Waals surface area contributed by atoms with Gasteiger partial charge in [-0.1, -0.05) is 151 Å². The fourth-order valence-electron chi connectivity index (χ4n) is 5.71. The number of anilines is 2. The van der Waals surface area contributed by atoms with Crippen LogP contribution >= 0.6 is 107 Å². The smallest absolute Gasteiger partial charge is 0.0825 e. The van der Waals surface area contributed by atoms with Gasteiger partial charge in [-0.3, -0.25) is 4.90 Å². The molecule has 2 aliphatic rings. The van der Waals surface area contributed by atoms with Crippen molar-refractivity contribution >= 4 is 118 Å². The lowest BCUT2D eigenvalue weighted by atomic mass is 10.2. The molecule has 56 heavy (non-hydrogen) atoms. The maximum Gasteiger partial charge on any atom is 0.0825 e. The van der Waals surface area contributed by atoms with Gasteiger partial charge in [0.25, 0.3) is 0 Å². The van der Waals surface area contributed by atoms with Gasteiger partial charge in [-0.05, 0) is 79.3 Å². The van der Waals surface area contributed by atoms with Gasteiger partial charge < -0.3 is 20.0 Å². The summed E-state index contributed by atoms with van der Waals surface area (Å²) in [6, 6.07) is 30.1. The van der Waals surface area contributed by atoms with Crippen LogP contribution in [0, 0.1) is 11.3 Å². The van der Waals surface area contributed by atoms with E-state index in [2.05, 4.69) is 130 Å². The third-order valence-corrected chi connectivity index (χ3v) is 12.0. The average molecular weight is 1060 g/mol. The number of nitrogens with zero attached hydrogens (tertiary/aromatic N) is 5. The van der Waals surface area contributed by atoms with Crippen LogP contribution in [0.1, 0.15) is 38.8 Å². The average Bonchev–Trinajstić information content (AvgIpc) is 3.19. The lowest BCUT2D eigenvalue weighted by Crippen LogP contribution is -2.46. The Hall–Kier alpha value is -1.26. The first-order valence-corrected chi connectivity index (χ1v) is 22.6. The van der Waals surface area contributed by atoms with E-state index in [9.17, 15) is 0 Å². The molecule has 2 aliphatic heterocycles. The fraction of sp³-hybridized carbons (Fsp3) is 0.405. The number of nitriles is 1. The summed E-state index contributed by atoms with van der Waals surface area (Å²) < 4.78 is 2.27. The molecule has 6 rings (SSSR count). The lowest BCUT2D eigenvalue weighted by Gasteiger charge is -2.36. The Morgan fingerprint density at radius 3 is 1.46 bits per heavy atom. The van der Waals surface area contributed by atoms with Gasteiger partial charge >= 0.3 is 0 Å². The summed E-state index contributed by atoms with van der Waals surface area (Å²) in [4.78, 5) is 9.41. The summed E-state index contributed by atoms with van der Waals surface area (Å²) in [6.45, 7) is 20.5. The van der Waals surface area contributed by atoms with Crippen LogP contribution in [-0.2, 0) is 11.9 Å². The molecule has 308 valence electrons. The molecular formula is C42H54Br3Cl5N6. The number of benzene rings is 4. The molecule has 0 unspecified atom stereocenters. The summed E-state index contributed by atoms with van der Waals surface area (Å²) >= 11 is 34.8. The predicted molar refractivity (Wildman–Crippen MR) is 258 cm³/mol. The van der Waals surface area contributed by atoms with Crippen molar-refractivity contribution in [3.8, 4) is 6.07 Å². The molecule has 0 aliphatic carbocycles. The fourth-order valence-corrected chi connectivity index (χ4v) is 7.78. The van der Waals surface area contributed by atoms with Crippen molar-refractivity contribution in [1.29, 1.82) is 5.26 Å². The molecule has 0 aromatic heterocycles. The number of rotatable bonds is 8. The topological polar surface area (TPSA) is 48.8 Å². The Kier molecular flexibility index (Phi) is 29.0. The Morgan fingerprint density at radius 1 is 0.661 bits per heavy atom. The summed E-state index contributed by atoms with van der Waals surface area (Å²) in [7, 11) is 0. The predicted octanol–water partition coefficient (Wildman–Crippen LogP) is 13.1. The molecule has 2 fully saturated rings. The van der Waals surface area contributed by atoms with Crippen LogP contribution in [0.25, 0.3) is 0 Å². The first-order valence-electron chi connectivity index (χ1n) is 18.4. The highest BCUT2D eigenvalue weighted by Crippen LogP contribution is 2.34. The van der Waals surface area contributed by atoms with Gasteiger partial charge in [0.2, 0.25) is 0 Å². The quantitative estimate of drug-likeness (QED) is 0.178. The second-order valence-corrected chi connectivity index (χ2v) is 16.3. The monoisotopic (exact) mass is 1050 g/mol. The first kappa shape index (κ1) is 52.8. The molecule has 2 saturated heterocycles. The van der Waals surface area contributed by atoms with E-state index < -0.39 is 0 Å². The second-order valence-electron chi connectivity index (χ2n) is 12.4. The minimum Gasteiger partial charge on any atom is -0.368 e. The number of nitrogens with one attached hydrogen (secondary N) is 1. The van der Waals surface area contributed by atoms with E-state index in [4.69, 9.17) is 51.7 Å². The van der Waals surface area contributed by atoms with Gasteiger partial charge in [0, 0.05) is 80.1 Å². The van der Waals surface area contributed by atoms with E-state index in [1.807, 2.05) is 48.5 Å². The molecule has 0 radical (unpaired) electrons. The van der Waals surface area contributed by atoms with Crippen molar-refractivity contribution in [1.82, 2.24) is 15.1 Å². The Labute approximate surface area is 387 Å². The van der Waals surface area contributed by atoms with Crippen LogP contribution in [-0.4, -0.2) is 81.8 Å². The standard InChI is InChI=1S/C17H17BrCl2N2.C10H12Cl2N2.C7H6Br2.C6H15N.C2H3N.ClH/c18-14-4-1-3-13(11-14)12-21-7-9-22(10-8-21)16-6-2-5-15(19)17(16)20;11-8-2-1-3-9(10(8)12)14-6-4-13-5-7-14;8-5-6-2-1-3-7(9)4-6;1-4-7(5-2)6-3;1-2-3;/h1-6,11H,7-10,12H2;1-3,13H,4-7H2;1-4H,5H2;4-6H2,1-3H3;1H3;1H. The summed E-state index contributed by atoms with van der Waals surface area (Å²) in [6.07, 6.45) is 0. The molecule has 0 atom stereocenters. The highest BCUT2D eigenvalue weighted by molar-refractivity contribution is 9.10. The van der Waals surface area contributed by atoms with Gasteiger partial charge in [0.05, 0.1) is 37.5 Å². The van der Waals surface area contributed by atoms with E-state index in [1.165, 1.54) is 37.7 Å². The first-order chi connectivity index (χ1) is 26.5. The second kappa shape index (κ2) is 30.7. The highest BCUT2D eigenvalue weighted by atomic mass is 79.9. The van der Waals surface area contributed by atoms with Crippen LogP contribution in [0.2, 0.25) is 20.1 Å². The Balaban J connectivity index is 0.000000396. The van der Waals surface area contributed by atoms with Gasteiger partial charge in [-0.2, -0.15) is 5.26 Å². The van der Waals surface area contributed by atoms with E-state index in [0.29, 0.717) is 20.1 Å². The van der Waals surface area contributed by atoms with Crippen molar-refractivity contribution in [2.75, 3.05) is 81.8 Å². The zero-order valence-electron chi connectivity index (χ0n) is 32.6. The van der Waals surface area contributed by atoms with Crippen LogP contribution in [0.5, 0.6) is 0 Å². The SMILES string of the molecule is BrCc1cccc(Br)c1.CC#N.CCN(CC)CC.Cl.Clc1cccc(N2CCN(Cc3cccc(Br)c3)CC2)c1Cl.Clc1cccc(N2CCNCC2)c1Cl. The zero-order chi connectivity index (χ0) is 40.6. The summed E-state index contributed by atoms with van der Waals surface area (Å²) in [5.74, 6) is 0. The van der Waals surface area contributed by atoms with E-state index in [-0.39, 0.29) is 12.4 Å². The minimum atomic E-state index is 0. The van der Waals surface area contributed by atoms with Crippen molar-refractivity contribution in [3.63, 3.8) is 0 Å². The molecule has 0 saturated carbocycles. The van der Waals surface area contributed by atoms with Crippen LogP contribution in [0.3, 0.4) is 0 Å². The molecule has 4 aromatic carbocycles. The maximum atomic E-state index is 7.32. The highest BCUT2D eigenvalue weighted by Gasteiger charge is 2.20. The number of piperazine rings is 2. The molecule has 2 heterocycles. The van der Waals surface area contributed by atoms with E-state index in [0.717, 1.165) is 84.6 Å². The molecule has 14 heteroatoms. The van der Waals surface area contributed by atoms with Crippen molar-refractivity contribution in [2.24, 2.45) is 0 Å². The maximum absolute atomic E-state index is 7.32. The van der Waals surface area contributed by atoms with Gasteiger partial charge in [-0.25, -0.2) is 0 Å². The Morgan fingerprint density at radius 2 is 1.07 bits per heavy atom. The largest absolute Gasteiger partial charge is 0.368 e. The molecule has 0 amide bonds. The number of hydrogen-bond donors (Lipinski definition) is 1. The third kappa shape index (κ3) is 19.7. The van der Waals surface area contributed by atoms with Gasteiger partial charge in [0.1, 0.15) is 0 Å². The normalized spacial score (nSPS) is 13.6. The van der Waals surface area contributed by atoms with E-state index >= 15 is 0 Å². The van der Waals surface area contributed by atoms with Crippen LogP contribution in [0.15, 0.2) is 93.9 Å². The zero-order valence-corrected chi connectivity index (χ0v) is 41.2. The number of halogens is 8. The van der Waals surface area contributed by atoms with Crippen LogP contribution in [0.4, 0.5) is 11.4 Å². The number of alkyl halides is 1. The minimum absolute atomic E-state index is 0. The van der Waals surface area contributed by atoms with Crippen LogP contribution < -0.4 is 15.1 Å². The van der Waals surface area contributed by atoms with E-state index in [1.54, 1.807) is 6.07 Å².